The van der Waals surface area contributed by atoms with Crippen LogP contribution in [0.4, 0.5) is 13.2 Å². The van der Waals surface area contributed by atoms with Crippen molar-refractivity contribution in [1.82, 2.24) is 9.55 Å². The van der Waals surface area contributed by atoms with E-state index in [0.717, 1.165) is 34.3 Å². The van der Waals surface area contributed by atoms with Crippen LogP contribution in [0.25, 0.3) is 16.6 Å². The lowest BCUT2D eigenvalue weighted by Crippen LogP contribution is -2.32. The third-order valence-electron chi connectivity index (χ3n) is 5.00. The number of nitrogens with zero attached hydrogens (tertiary/aromatic N) is 2. The monoisotopic (exact) mass is 400 g/mol. The predicted molar refractivity (Wildman–Crippen MR) is 104 cm³/mol. The zero-order chi connectivity index (χ0) is 20.6. The van der Waals surface area contributed by atoms with Crippen LogP contribution in [0, 0.1) is 0 Å². The zero-order valence-corrected chi connectivity index (χ0v) is 15.6. The Kier molecular flexibility index (Phi) is 4.70. The molecule has 150 valence electrons. The van der Waals surface area contributed by atoms with Crippen molar-refractivity contribution < 1.29 is 23.0 Å². The van der Waals surface area contributed by atoms with Gasteiger partial charge in [-0.2, -0.15) is 13.2 Å². The van der Waals surface area contributed by atoms with E-state index in [4.69, 9.17) is 4.74 Å². The lowest BCUT2D eigenvalue weighted by atomic mass is 9.93. The Hall–Kier alpha value is -3.06. The second-order valence-electron chi connectivity index (χ2n) is 7.18. The fraction of sp³-hybridized carbons (Fsp3) is 0.227. The number of ether oxygens (including phenoxy) is 1. The summed E-state index contributed by atoms with van der Waals surface area (Å²) in [6.45, 7) is 1.67. The van der Waals surface area contributed by atoms with E-state index in [9.17, 15) is 18.3 Å². The highest BCUT2D eigenvalue weighted by molar-refractivity contribution is 5.84. The zero-order valence-electron chi connectivity index (χ0n) is 15.6. The van der Waals surface area contributed by atoms with Gasteiger partial charge in [0.15, 0.2) is 0 Å². The number of benzene rings is 1. The molecule has 0 radical (unpaired) electrons. The average molecular weight is 400 g/mol. The van der Waals surface area contributed by atoms with Gasteiger partial charge in [-0.1, -0.05) is 12.2 Å². The Balaban J connectivity index is 1.56. The van der Waals surface area contributed by atoms with E-state index in [2.05, 4.69) is 4.98 Å². The van der Waals surface area contributed by atoms with Gasteiger partial charge in [0.25, 0.3) is 0 Å². The number of hydrogen-bond acceptors (Lipinski definition) is 3. The van der Waals surface area contributed by atoms with E-state index in [1.54, 1.807) is 31.5 Å². The van der Waals surface area contributed by atoms with Crippen molar-refractivity contribution in [2.45, 2.75) is 31.7 Å². The third kappa shape index (κ3) is 3.78. The maximum absolute atomic E-state index is 12.8. The smallest absolute Gasteiger partial charge is 0.416 e. The van der Waals surface area contributed by atoms with Crippen molar-refractivity contribution in [2.75, 3.05) is 0 Å². The van der Waals surface area contributed by atoms with Gasteiger partial charge >= 0.3 is 6.18 Å². The van der Waals surface area contributed by atoms with Gasteiger partial charge in [-0.3, -0.25) is 4.98 Å². The van der Waals surface area contributed by atoms with Crippen LogP contribution >= 0.6 is 0 Å². The topological polar surface area (TPSA) is 47.3 Å². The van der Waals surface area contributed by atoms with E-state index in [1.165, 1.54) is 6.08 Å². The van der Waals surface area contributed by atoms with E-state index in [1.807, 2.05) is 29.0 Å². The molecule has 0 saturated heterocycles. The van der Waals surface area contributed by atoms with Crippen LogP contribution in [0.2, 0.25) is 0 Å². The van der Waals surface area contributed by atoms with Gasteiger partial charge in [0.1, 0.15) is 11.4 Å². The molecule has 0 amide bonds. The molecule has 3 aromatic rings. The van der Waals surface area contributed by atoms with Crippen LogP contribution in [-0.2, 0) is 6.61 Å². The van der Waals surface area contributed by atoms with E-state index in [0.29, 0.717) is 5.75 Å². The minimum Gasteiger partial charge on any atom is -0.483 e. The molecule has 2 heterocycles. The molecule has 0 aliphatic heterocycles. The standard InChI is InChI=1S/C22H19F3N2O2/c1-21(9-6-16(7-10-21)22(23,24)25)29-18-4-2-17(3-5-18)27-13-15(14-28)19-8-11-26-12-20(19)27/h2-9,11-13,28H,10,14H2,1H3/t21-/m1/s1. The van der Waals surface area contributed by atoms with Crippen LogP contribution in [0.1, 0.15) is 18.9 Å². The summed E-state index contributed by atoms with van der Waals surface area (Å²) in [7, 11) is 0. The summed E-state index contributed by atoms with van der Waals surface area (Å²) < 4.78 is 46.2. The molecule has 4 nitrogen and oxygen atoms in total. The first-order valence-corrected chi connectivity index (χ1v) is 9.10. The lowest BCUT2D eigenvalue weighted by Gasteiger charge is -2.29. The van der Waals surface area contributed by atoms with Crippen molar-refractivity contribution in [1.29, 1.82) is 0 Å². The number of halogens is 3. The molecule has 0 saturated carbocycles. The first kappa shape index (κ1) is 19.3. The fourth-order valence-electron chi connectivity index (χ4n) is 3.43. The number of alkyl halides is 3. The highest BCUT2D eigenvalue weighted by Crippen LogP contribution is 2.34. The summed E-state index contributed by atoms with van der Waals surface area (Å²) in [5, 5.41) is 10.5. The van der Waals surface area contributed by atoms with Crippen LogP contribution in [0.15, 0.2) is 72.7 Å². The number of allylic oxidation sites excluding steroid dienone is 2. The Bertz CT molecular complexity index is 1100. The van der Waals surface area contributed by atoms with Gasteiger partial charge in [-0.25, -0.2) is 0 Å². The minimum atomic E-state index is -4.35. The summed E-state index contributed by atoms with van der Waals surface area (Å²) >= 11 is 0. The van der Waals surface area contributed by atoms with Gasteiger partial charge < -0.3 is 14.4 Å². The number of aromatic nitrogens is 2. The minimum absolute atomic E-state index is 0.0766. The summed E-state index contributed by atoms with van der Waals surface area (Å²) in [6, 6.07) is 9.12. The summed E-state index contributed by atoms with van der Waals surface area (Å²) in [4.78, 5) is 4.15. The van der Waals surface area contributed by atoms with Crippen LogP contribution in [-0.4, -0.2) is 26.4 Å². The quantitative estimate of drug-likeness (QED) is 0.663. The lowest BCUT2D eigenvalue weighted by molar-refractivity contribution is -0.0891. The Morgan fingerprint density at radius 1 is 1.21 bits per heavy atom. The number of rotatable bonds is 4. The molecule has 7 heteroatoms. The normalized spacial score (nSPS) is 19.4. The first-order chi connectivity index (χ1) is 13.8. The molecule has 1 atom stereocenters. The highest BCUT2D eigenvalue weighted by atomic mass is 19.4. The number of aliphatic hydroxyl groups excluding tert-OH is 1. The number of pyridine rings is 1. The van der Waals surface area contributed by atoms with Gasteiger partial charge in [0, 0.05) is 35.5 Å². The molecular formula is C22H19F3N2O2. The molecule has 0 unspecified atom stereocenters. The van der Waals surface area contributed by atoms with E-state index in [-0.39, 0.29) is 13.0 Å². The highest BCUT2D eigenvalue weighted by Gasteiger charge is 2.36. The van der Waals surface area contributed by atoms with Crippen LogP contribution in [0.3, 0.4) is 0 Å². The van der Waals surface area contributed by atoms with Crippen molar-refractivity contribution in [2.24, 2.45) is 0 Å². The number of fused-ring (bicyclic) bond motifs is 1. The van der Waals surface area contributed by atoms with E-state index >= 15 is 0 Å². The number of aliphatic hydroxyl groups is 1. The largest absolute Gasteiger partial charge is 0.483 e. The number of hydrogen-bond donors (Lipinski definition) is 1. The van der Waals surface area contributed by atoms with Gasteiger partial charge in [-0.15, -0.1) is 0 Å². The van der Waals surface area contributed by atoms with Crippen molar-refractivity contribution in [3.05, 3.63) is 78.3 Å². The Labute approximate surface area is 165 Å². The van der Waals surface area contributed by atoms with Gasteiger partial charge in [0.05, 0.1) is 23.9 Å². The summed E-state index contributed by atoms with van der Waals surface area (Å²) in [6.07, 6.45) is 4.72. The molecule has 0 bridgehead atoms. The molecule has 1 aliphatic rings. The summed E-state index contributed by atoms with van der Waals surface area (Å²) in [5.74, 6) is 0.557. The van der Waals surface area contributed by atoms with Gasteiger partial charge in [0.2, 0.25) is 0 Å². The second-order valence-corrected chi connectivity index (χ2v) is 7.18. The fourth-order valence-corrected chi connectivity index (χ4v) is 3.43. The molecule has 1 N–H and O–H groups in total. The summed E-state index contributed by atoms with van der Waals surface area (Å²) in [5.41, 5.74) is 1.04. The molecular weight excluding hydrogens is 381 g/mol. The van der Waals surface area contributed by atoms with E-state index < -0.39 is 17.4 Å². The Morgan fingerprint density at radius 3 is 2.59 bits per heavy atom. The first-order valence-electron chi connectivity index (χ1n) is 9.10. The molecule has 29 heavy (non-hydrogen) atoms. The van der Waals surface area contributed by atoms with Crippen LogP contribution in [0.5, 0.6) is 5.75 Å². The van der Waals surface area contributed by atoms with Crippen molar-refractivity contribution >= 4 is 10.9 Å². The van der Waals surface area contributed by atoms with Crippen LogP contribution < -0.4 is 4.74 Å². The molecule has 1 aliphatic carbocycles. The van der Waals surface area contributed by atoms with Gasteiger partial charge in [-0.05, 0) is 43.3 Å². The molecule has 1 aromatic carbocycles. The van der Waals surface area contributed by atoms with Crippen molar-refractivity contribution in [3.63, 3.8) is 0 Å². The maximum Gasteiger partial charge on any atom is 0.416 e. The molecule has 4 rings (SSSR count). The SMILES string of the molecule is C[C@@]1(Oc2ccc(-n3cc(CO)c4ccncc43)cc2)C=CC(C(F)(F)F)=CC1. The third-order valence-corrected chi connectivity index (χ3v) is 5.00. The second kappa shape index (κ2) is 7.08. The average Bonchev–Trinajstić information content (AvgIpc) is 3.07. The molecule has 0 fully saturated rings. The Morgan fingerprint density at radius 2 is 1.97 bits per heavy atom. The predicted octanol–water partition coefficient (Wildman–Crippen LogP) is 5.10. The van der Waals surface area contributed by atoms with Crippen molar-refractivity contribution in [3.8, 4) is 11.4 Å². The molecule has 2 aromatic heterocycles. The maximum atomic E-state index is 12.8. The molecule has 0 spiro atoms.